The lowest BCUT2D eigenvalue weighted by molar-refractivity contribution is -0.0244. The van der Waals surface area contributed by atoms with E-state index in [1.165, 1.54) is 19.3 Å². The number of carbonyl (C=O) groups is 1. The van der Waals surface area contributed by atoms with Gasteiger partial charge in [0.2, 0.25) is 0 Å². The van der Waals surface area contributed by atoms with Crippen molar-refractivity contribution < 1.29 is 47.4 Å². The van der Waals surface area contributed by atoms with Gasteiger partial charge in [0, 0.05) is 18.8 Å². The van der Waals surface area contributed by atoms with Crippen LogP contribution >= 0.6 is 0 Å². The van der Waals surface area contributed by atoms with Gasteiger partial charge in [0.25, 0.3) is 0 Å². The zero-order valence-corrected chi connectivity index (χ0v) is 27.4. The molecular weight excluding hydrogens is 570 g/mol. The third-order valence-corrected chi connectivity index (χ3v) is 6.19. The van der Waals surface area contributed by atoms with Crippen molar-refractivity contribution in [2.24, 2.45) is 0 Å². The predicted molar refractivity (Wildman–Crippen MR) is 171 cm³/mol. The molecule has 256 valence electrons. The molecule has 0 spiro atoms. The minimum atomic E-state index is -0.356. The number of rotatable bonds is 34. The summed E-state index contributed by atoms with van der Waals surface area (Å²) in [7, 11) is 0. The first-order valence-corrected chi connectivity index (χ1v) is 16.4. The van der Waals surface area contributed by atoms with Gasteiger partial charge in [0.05, 0.1) is 105 Å². The van der Waals surface area contributed by atoms with Crippen LogP contribution in [0.2, 0.25) is 0 Å². The average Bonchev–Trinajstić information content (AvgIpc) is 3.04. The molecule has 1 aromatic carbocycles. The van der Waals surface area contributed by atoms with Gasteiger partial charge in [-0.05, 0) is 37.1 Å². The highest BCUT2D eigenvalue weighted by Crippen LogP contribution is 2.11. The molecule has 0 saturated heterocycles. The second-order valence-corrected chi connectivity index (χ2v) is 9.95. The molecule has 0 aliphatic heterocycles. The van der Waals surface area contributed by atoms with E-state index in [4.69, 9.17) is 42.6 Å². The predicted octanol–water partition coefficient (Wildman–Crippen LogP) is 4.77. The molecule has 0 aliphatic carbocycles. The minimum Gasteiger partial charge on any atom is -0.460 e. The number of hydrogen-bond donors (Lipinski definition) is 1. The van der Waals surface area contributed by atoms with E-state index in [1.807, 2.05) is 12.1 Å². The van der Waals surface area contributed by atoms with E-state index in [1.54, 1.807) is 12.1 Å². The van der Waals surface area contributed by atoms with Crippen LogP contribution in [0.3, 0.4) is 0 Å². The Morgan fingerprint density at radius 3 is 1.27 bits per heavy atom. The molecule has 11 nitrogen and oxygen atoms in total. The number of esters is 1. The normalized spacial score (nSPS) is 11.2. The molecule has 44 heavy (non-hydrogen) atoms. The number of hydrogen-bond acceptors (Lipinski definition) is 11. The molecule has 0 heterocycles. The van der Waals surface area contributed by atoms with Crippen molar-refractivity contribution in [2.75, 3.05) is 124 Å². The highest BCUT2D eigenvalue weighted by Gasteiger charge is 2.06. The standard InChI is InChI=1S/C33H59NO10/c1-3-5-7-8-14-36-15-16-37-17-18-38-19-20-39-21-22-40-23-24-41-25-26-42-27-28-43-29-30-44-33(35)31-9-11-32(12-10-31)34-13-6-4-2/h9-12,34H,3-8,13-30H2,1-2H3. The molecule has 0 radical (unpaired) electrons. The summed E-state index contributed by atoms with van der Waals surface area (Å²) in [6.07, 6.45) is 7.14. The van der Waals surface area contributed by atoms with E-state index < -0.39 is 0 Å². The van der Waals surface area contributed by atoms with Crippen LogP contribution in [0.25, 0.3) is 0 Å². The lowest BCUT2D eigenvalue weighted by atomic mass is 10.2. The Morgan fingerprint density at radius 2 is 0.864 bits per heavy atom. The fraction of sp³-hybridized carbons (Fsp3) is 0.788. The van der Waals surface area contributed by atoms with Gasteiger partial charge < -0.3 is 47.9 Å². The number of unbranched alkanes of at least 4 members (excludes halogenated alkanes) is 4. The summed E-state index contributed by atoms with van der Waals surface area (Å²) < 4.78 is 49.1. The highest BCUT2D eigenvalue weighted by atomic mass is 16.6. The molecule has 0 fully saturated rings. The second kappa shape index (κ2) is 32.6. The van der Waals surface area contributed by atoms with Crippen LogP contribution in [0.5, 0.6) is 0 Å². The molecule has 0 saturated carbocycles. The number of ether oxygens (including phenoxy) is 9. The summed E-state index contributed by atoms with van der Waals surface area (Å²) in [6, 6.07) is 7.30. The Hall–Kier alpha value is -1.83. The van der Waals surface area contributed by atoms with Crippen molar-refractivity contribution in [1.82, 2.24) is 0 Å². The summed E-state index contributed by atoms with van der Waals surface area (Å²) in [5, 5.41) is 3.32. The Balaban J connectivity index is 1.72. The van der Waals surface area contributed by atoms with Gasteiger partial charge >= 0.3 is 5.97 Å². The topological polar surface area (TPSA) is 112 Å². The Morgan fingerprint density at radius 1 is 0.477 bits per heavy atom. The van der Waals surface area contributed by atoms with Gasteiger partial charge in [0.15, 0.2) is 0 Å². The maximum atomic E-state index is 12.1. The third-order valence-electron chi connectivity index (χ3n) is 6.19. The number of anilines is 1. The first kappa shape index (κ1) is 40.2. The largest absolute Gasteiger partial charge is 0.460 e. The van der Waals surface area contributed by atoms with Crippen LogP contribution in [0, 0.1) is 0 Å². The van der Waals surface area contributed by atoms with Crippen molar-refractivity contribution in [1.29, 1.82) is 0 Å². The van der Waals surface area contributed by atoms with E-state index in [2.05, 4.69) is 19.2 Å². The van der Waals surface area contributed by atoms with Gasteiger partial charge in [0.1, 0.15) is 6.61 Å². The first-order chi connectivity index (χ1) is 21.8. The van der Waals surface area contributed by atoms with E-state index in [-0.39, 0.29) is 12.6 Å². The highest BCUT2D eigenvalue weighted by molar-refractivity contribution is 5.89. The lowest BCUT2D eigenvalue weighted by Crippen LogP contribution is -2.15. The number of nitrogens with one attached hydrogen (secondary N) is 1. The molecule has 1 rings (SSSR count). The monoisotopic (exact) mass is 629 g/mol. The van der Waals surface area contributed by atoms with Crippen LogP contribution in [0.4, 0.5) is 5.69 Å². The Kier molecular flexibility index (Phi) is 29.7. The van der Waals surface area contributed by atoms with Gasteiger partial charge in [-0.25, -0.2) is 4.79 Å². The third kappa shape index (κ3) is 26.6. The fourth-order valence-electron chi connectivity index (χ4n) is 3.68. The van der Waals surface area contributed by atoms with Gasteiger partial charge in [-0.3, -0.25) is 0 Å². The smallest absolute Gasteiger partial charge is 0.338 e. The number of benzene rings is 1. The van der Waals surface area contributed by atoms with Crippen LogP contribution in [-0.4, -0.2) is 125 Å². The minimum absolute atomic E-state index is 0.197. The van der Waals surface area contributed by atoms with E-state index in [0.717, 1.165) is 38.1 Å². The van der Waals surface area contributed by atoms with E-state index in [0.29, 0.717) is 105 Å². The summed E-state index contributed by atoms with van der Waals surface area (Å²) >= 11 is 0. The van der Waals surface area contributed by atoms with Crippen LogP contribution in [0.15, 0.2) is 24.3 Å². The van der Waals surface area contributed by atoms with Crippen molar-refractivity contribution in [3.05, 3.63) is 29.8 Å². The summed E-state index contributed by atoms with van der Waals surface area (Å²) in [5.74, 6) is -0.356. The molecule has 1 N–H and O–H groups in total. The lowest BCUT2D eigenvalue weighted by Gasteiger charge is -2.09. The Labute approximate surface area is 265 Å². The van der Waals surface area contributed by atoms with Crippen LogP contribution in [0.1, 0.15) is 62.7 Å². The SMILES string of the molecule is CCCCCCOCCOCCOCCOCCOCCOCCOCCOCCOC(=O)c1ccc(NCCCC)cc1. The molecule has 11 heteroatoms. The molecule has 0 aromatic heterocycles. The molecule has 0 aliphatic rings. The van der Waals surface area contributed by atoms with Crippen molar-refractivity contribution >= 4 is 11.7 Å². The van der Waals surface area contributed by atoms with E-state index in [9.17, 15) is 4.79 Å². The zero-order valence-electron chi connectivity index (χ0n) is 27.4. The van der Waals surface area contributed by atoms with Crippen LogP contribution in [-0.2, 0) is 42.6 Å². The van der Waals surface area contributed by atoms with Gasteiger partial charge in [-0.1, -0.05) is 39.5 Å². The van der Waals surface area contributed by atoms with Gasteiger partial charge in [-0.2, -0.15) is 0 Å². The molecule has 0 amide bonds. The maximum Gasteiger partial charge on any atom is 0.338 e. The number of carbonyl (C=O) groups excluding carboxylic acids is 1. The fourth-order valence-corrected chi connectivity index (χ4v) is 3.68. The average molecular weight is 630 g/mol. The van der Waals surface area contributed by atoms with Crippen molar-refractivity contribution in [2.45, 2.75) is 52.4 Å². The molecule has 1 aromatic rings. The van der Waals surface area contributed by atoms with Crippen molar-refractivity contribution in [3.63, 3.8) is 0 Å². The second-order valence-electron chi connectivity index (χ2n) is 9.95. The summed E-state index contributed by atoms with van der Waals surface area (Å²) in [4.78, 5) is 12.1. The quantitative estimate of drug-likeness (QED) is 0.0841. The zero-order chi connectivity index (χ0) is 31.6. The van der Waals surface area contributed by atoms with Crippen molar-refractivity contribution in [3.8, 4) is 0 Å². The summed E-state index contributed by atoms with van der Waals surface area (Å²) in [6.45, 7) is 13.9. The molecule has 0 bridgehead atoms. The van der Waals surface area contributed by atoms with Gasteiger partial charge in [-0.15, -0.1) is 0 Å². The molecular formula is C33H59NO10. The van der Waals surface area contributed by atoms with E-state index >= 15 is 0 Å². The van der Waals surface area contributed by atoms with Crippen LogP contribution < -0.4 is 5.32 Å². The maximum absolute atomic E-state index is 12.1. The summed E-state index contributed by atoms with van der Waals surface area (Å²) in [5.41, 5.74) is 1.52. The first-order valence-electron chi connectivity index (χ1n) is 16.4. The molecule has 0 atom stereocenters. The Bertz CT molecular complexity index is 738. The molecule has 0 unspecified atom stereocenters.